The molecule has 0 aromatic heterocycles. The lowest BCUT2D eigenvalue weighted by Crippen LogP contribution is -2.09. The normalized spacial score (nSPS) is 28.6. The fourth-order valence-electron chi connectivity index (χ4n) is 1.60. The molecular weight excluding hydrogens is 180 g/mol. The highest BCUT2D eigenvalue weighted by Crippen LogP contribution is 2.33. The van der Waals surface area contributed by atoms with Crippen LogP contribution >= 0.6 is 0 Å². The second-order valence-corrected chi connectivity index (χ2v) is 3.60. The Morgan fingerprint density at radius 3 is 2.57 bits per heavy atom. The lowest BCUT2D eigenvalue weighted by molar-refractivity contribution is 0.0952. The van der Waals surface area contributed by atoms with Crippen molar-refractivity contribution in [2.45, 2.75) is 12.2 Å². The molecule has 1 aromatic carbocycles. The summed E-state index contributed by atoms with van der Waals surface area (Å²) < 4.78 is 10.2. The molecule has 2 fully saturated rings. The van der Waals surface area contributed by atoms with E-state index in [1.807, 2.05) is 24.3 Å². The molecule has 2 unspecified atom stereocenters. The Kier molecular flexibility index (Phi) is 1.69. The number of hydrogen-bond acceptors (Lipinski definition) is 3. The molecule has 3 heteroatoms. The van der Waals surface area contributed by atoms with E-state index in [0.717, 1.165) is 17.7 Å². The molecule has 14 heavy (non-hydrogen) atoms. The van der Waals surface area contributed by atoms with Crippen LogP contribution in [0.1, 0.15) is 22.0 Å². The van der Waals surface area contributed by atoms with Crippen LogP contribution in [0, 0.1) is 0 Å². The molecule has 3 nitrogen and oxygen atoms in total. The third-order valence-electron chi connectivity index (χ3n) is 2.53. The third kappa shape index (κ3) is 1.35. The highest BCUT2D eigenvalue weighted by molar-refractivity contribution is 6.02. The second kappa shape index (κ2) is 2.90. The van der Waals surface area contributed by atoms with Gasteiger partial charge in [0, 0.05) is 5.56 Å². The van der Waals surface area contributed by atoms with Gasteiger partial charge in [0.25, 0.3) is 0 Å². The van der Waals surface area contributed by atoms with Gasteiger partial charge in [-0.1, -0.05) is 24.3 Å². The zero-order valence-electron chi connectivity index (χ0n) is 7.60. The maximum atomic E-state index is 11.8. The van der Waals surface area contributed by atoms with Crippen LogP contribution in [0.3, 0.4) is 0 Å². The van der Waals surface area contributed by atoms with E-state index in [-0.39, 0.29) is 18.0 Å². The van der Waals surface area contributed by atoms with Gasteiger partial charge < -0.3 is 9.47 Å². The SMILES string of the molecule is O=C(c1ccccc1C1CO1)C1CO1. The highest BCUT2D eigenvalue weighted by Gasteiger charge is 2.36. The van der Waals surface area contributed by atoms with Crippen molar-refractivity contribution in [1.82, 2.24) is 0 Å². The van der Waals surface area contributed by atoms with Gasteiger partial charge in [-0.2, -0.15) is 0 Å². The number of benzene rings is 1. The standard InChI is InChI=1S/C11H10O3/c12-11(10-6-14-10)8-4-2-1-3-7(8)9-5-13-9/h1-4,9-10H,5-6H2. The molecule has 3 rings (SSSR count). The van der Waals surface area contributed by atoms with Crippen LogP contribution < -0.4 is 0 Å². The van der Waals surface area contributed by atoms with Crippen LogP contribution in [0.15, 0.2) is 24.3 Å². The number of carbonyl (C=O) groups is 1. The van der Waals surface area contributed by atoms with Gasteiger partial charge in [0.2, 0.25) is 0 Å². The van der Waals surface area contributed by atoms with Crippen LogP contribution in [0.4, 0.5) is 0 Å². The minimum absolute atomic E-state index is 0.0936. The molecule has 0 bridgehead atoms. The minimum Gasteiger partial charge on any atom is -0.368 e. The molecule has 0 saturated carbocycles. The van der Waals surface area contributed by atoms with Crippen molar-refractivity contribution in [3.63, 3.8) is 0 Å². The first-order valence-corrected chi connectivity index (χ1v) is 4.72. The summed E-state index contributed by atoms with van der Waals surface area (Å²) in [5, 5.41) is 0. The van der Waals surface area contributed by atoms with Crippen LogP contribution in [0.5, 0.6) is 0 Å². The fraction of sp³-hybridized carbons (Fsp3) is 0.364. The molecule has 1 aromatic rings. The van der Waals surface area contributed by atoms with Crippen LogP contribution in [0.25, 0.3) is 0 Å². The van der Waals surface area contributed by atoms with E-state index < -0.39 is 0 Å². The maximum absolute atomic E-state index is 11.8. The van der Waals surface area contributed by atoms with Crippen molar-refractivity contribution in [2.24, 2.45) is 0 Å². The number of rotatable bonds is 3. The fourth-order valence-corrected chi connectivity index (χ4v) is 1.60. The molecule has 0 radical (unpaired) electrons. The van der Waals surface area contributed by atoms with Gasteiger partial charge in [0.05, 0.1) is 13.2 Å². The highest BCUT2D eigenvalue weighted by atomic mass is 16.6. The molecule has 2 aliphatic heterocycles. The average Bonchev–Trinajstić information content (AvgIpc) is 3.05. The Balaban J connectivity index is 1.97. The van der Waals surface area contributed by atoms with Crippen molar-refractivity contribution >= 4 is 5.78 Å². The van der Waals surface area contributed by atoms with Gasteiger partial charge in [-0.05, 0) is 5.56 Å². The van der Waals surface area contributed by atoms with Crippen molar-refractivity contribution < 1.29 is 14.3 Å². The van der Waals surface area contributed by atoms with E-state index in [2.05, 4.69) is 0 Å². The Labute approximate surface area is 81.6 Å². The number of epoxide rings is 2. The second-order valence-electron chi connectivity index (χ2n) is 3.60. The van der Waals surface area contributed by atoms with Crippen LogP contribution in [-0.2, 0) is 9.47 Å². The van der Waals surface area contributed by atoms with Gasteiger partial charge in [0.1, 0.15) is 12.2 Å². The number of carbonyl (C=O) groups excluding carboxylic acids is 1. The first-order valence-electron chi connectivity index (χ1n) is 4.72. The number of hydrogen-bond donors (Lipinski definition) is 0. The number of ketones is 1. The Hall–Kier alpha value is -1.19. The van der Waals surface area contributed by atoms with E-state index in [4.69, 9.17) is 9.47 Å². The summed E-state index contributed by atoms with van der Waals surface area (Å²) in [7, 11) is 0. The summed E-state index contributed by atoms with van der Waals surface area (Å²) in [5.41, 5.74) is 1.77. The zero-order chi connectivity index (χ0) is 9.54. The first-order chi connectivity index (χ1) is 6.86. The summed E-state index contributed by atoms with van der Waals surface area (Å²) >= 11 is 0. The average molecular weight is 190 g/mol. The molecular formula is C11H10O3. The molecule has 2 heterocycles. The van der Waals surface area contributed by atoms with Crippen molar-refractivity contribution in [2.75, 3.05) is 13.2 Å². The number of Topliss-reactive ketones (excluding diaryl/α,β-unsaturated/α-hetero) is 1. The van der Waals surface area contributed by atoms with Gasteiger partial charge in [-0.25, -0.2) is 0 Å². The van der Waals surface area contributed by atoms with E-state index in [9.17, 15) is 4.79 Å². The van der Waals surface area contributed by atoms with E-state index >= 15 is 0 Å². The Morgan fingerprint density at radius 1 is 1.21 bits per heavy atom. The Morgan fingerprint density at radius 2 is 1.93 bits per heavy atom. The Bertz CT molecular complexity index is 378. The van der Waals surface area contributed by atoms with E-state index in [1.54, 1.807) is 0 Å². The predicted octanol–water partition coefficient (Wildman–Crippen LogP) is 1.34. The molecule has 0 spiro atoms. The molecule has 0 N–H and O–H groups in total. The molecule has 0 aliphatic carbocycles. The lowest BCUT2D eigenvalue weighted by atomic mass is 10.00. The smallest absolute Gasteiger partial charge is 0.194 e. The van der Waals surface area contributed by atoms with E-state index in [0.29, 0.717) is 6.61 Å². The summed E-state index contributed by atoms with van der Waals surface area (Å²) in [6.07, 6.45) is -0.0659. The van der Waals surface area contributed by atoms with Crippen LogP contribution in [-0.4, -0.2) is 25.1 Å². The molecule has 2 aliphatic rings. The topological polar surface area (TPSA) is 42.1 Å². The largest absolute Gasteiger partial charge is 0.368 e. The predicted molar refractivity (Wildman–Crippen MR) is 49.2 cm³/mol. The zero-order valence-corrected chi connectivity index (χ0v) is 7.60. The van der Waals surface area contributed by atoms with Gasteiger partial charge in [-0.15, -0.1) is 0 Å². The summed E-state index contributed by atoms with van der Waals surface area (Å²) in [6, 6.07) is 7.61. The molecule has 2 atom stereocenters. The van der Waals surface area contributed by atoms with Crippen LogP contribution in [0.2, 0.25) is 0 Å². The van der Waals surface area contributed by atoms with Crippen molar-refractivity contribution in [3.8, 4) is 0 Å². The molecule has 2 saturated heterocycles. The van der Waals surface area contributed by atoms with E-state index in [1.165, 1.54) is 0 Å². The van der Waals surface area contributed by atoms with Crippen molar-refractivity contribution in [3.05, 3.63) is 35.4 Å². The van der Waals surface area contributed by atoms with Crippen molar-refractivity contribution in [1.29, 1.82) is 0 Å². The summed E-state index contributed by atoms with van der Waals surface area (Å²) in [6.45, 7) is 1.30. The molecule has 72 valence electrons. The third-order valence-corrected chi connectivity index (χ3v) is 2.53. The minimum atomic E-state index is -0.199. The lowest BCUT2D eigenvalue weighted by Gasteiger charge is -2.03. The molecule has 0 amide bonds. The van der Waals surface area contributed by atoms with Gasteiger partial charge >= 0.3 is 0 Å². The maximum Gasteiger partial charge on any atom is 0.194 e. The first kappa shape index (κ1) is 8.15. The quantitative estimate of drug-likeness (QED) is 0.533. The van der Waals surface area contributed by atoms with Gasteiger partial charge in [-0.3, -0.25) is 4.79 Å². The monoisotopic (exact) mass is 190 g/mol. The number of ether oxygens (including phenoxy) is 2. The van der Waals surface area contributed by atoms with Gasteiger partial charge in [0.15, 0.2) is 5.78 Å². The summed E-state index contributed by atoms with van der Waals surface area (Å²) in [4.78, 5) is 11.8. The summed E-state index contributed by atoms with van der Waals surface area (Å²) in [5.74, 6) is 0.0936.